The number of carbonyl (C=O) groups is 2. The molecule has 1 fully saturated rings. The minimum atomic E-state index is -0.340. The monoisotopic (exact) mass is 347 g/mol. The van der Waals surface area contributed by atoms with Gasteiger partial charge in [-0.25, -0.2) is 4.98 Å². The van der Waals surface area contributed by atoms with Gasteiger partial charge in [-0.1, -0.05) is 23.7 Å². The zero-order valence-corrected chi connectivity index (χ0v) is 14.4. The second-order valence-electron chi connectivity index (χ2n) is 5.92. The number of hydrogen-bond acceptors (Lipinski definition) is 4. The maximum absolute atomic E-state index is 12.5. The summed E-state index contributed by atoms with van der Waals surface area (Å²) in [6, 6.07) is 6.70. The van der Waals surface area contributed by atoms with Gasteiger partial charge in [0.2, 0.25) is 5.91 Å². The van der Waals surface area contributed by atoms with E-state index >= 15 is 0 Å². The highest BCUT2D eigenvalue weighted by Gasteiger charge is 2.39. The van der Waals surface area contributed by atoms with Crippen LogP contribution in [-0.2, 0) is 4.79 Å². The molecule has 1 N–H and O–H groups in total. The second kappa shape index (κ2) is 6.28. The third-order valence-electron chi connectivity index (χ3n) is 4.23. The van der Waals surface area contributed by atoms with Gasteiger partial charge in [-0.3, -0.25) is 9.59 Å². The summed E-state index contributed by atoms with van der Waals surface area (Å²) in [5.74, 6) is 0.543. The Labute approximate surface area is 144 Å². The van der Waals surface area contributed by atoms with E-state index in [1.165, 1.54) is 0 Å². The maximum atomic E-state index is 12.5. The van der Waals surface area contributed by atoms with Gasteiger partial charge in [0, 0.05) is 25.4 Å². The van der Waals surface area contributed by atoms with Crippen molar-refractivity contribution < 1.29 is 14.0 Å². The summed E-state index contributed by atoms with van der Waals surface area (Å²) in [4.78, 5) is 30.4. The predicted molar refractivity (Wildman–Crippen MR) is 88.8 cm³/mol. The van der Waals surface area contributed by atoms with E-state index in [2.05, 4.69) is 10.3 Å². The smallest absolute Gasteiger partial charge is 0.273 e. The molecular formula is C17H18ClN3O3. The zero-order valence-electron chi connectivity index (χ0n) is 13.7. The lowest BCUT2D eigenvalue weighted by molar-refractivity contribution is -0.127. The standard InChI is InChI=1S/C17H18ClN3O3/c1-9-15(19-10(2)24-9)17(23)20-13-8-14(22)21(3)16(13)11-4-6-12(18)7-5-11/h4-7,13,16H,8H2,1-3H3,(H,20,23)/t13-,16+/m0/s1. The van der Waals surface area contributed by atoms with Gasteiger partial charge in [0.15, 0.2) is 11.6 Å². The van der Waals surface area contributed by atoms with Gasteiger partial charge in [-0.05, 0) is 24.6 Å². The SMILES string of the molecule is Cc1nc(C(=O)N[C@H]2CC(=O)N(C)[C@@H]2c2ccc(Cl)cc2)c(C)o1. The summed E-state index contributed by atoms with van der Waals surface area (Å²) in [6.45, 7) is 3.38. The van der Waals surface area contributed by atoms with Gasteiger partial charge in [0.1, 0.15) is 5.76 Å². The lowest BCUT2D eigenvalue weighted by atomic mass is 10.00. The first-order chi connectivity index (χ1) is 11.4. The molecule has 0 unspecified atom stereocenters. The third kappa shape index (κ3) is 3.01. The number of aryl methyl sites for hydroxylation is 2. The largest absolute Gasteiger partial charge is 0.445 e. The number of likely N-dealkylation sites (tertiary alicyclic amines) is 1. The molecule has 0 radical (unpaired) electrons. The Hall–Kier alpha value is -2.34. The topological polar surface area (TPSA) is 75.4 Å². The molecule has 6 nitrogen and oxygen atoms in total. The van der Waals surface area contributed by atoms with E-state index in [1.807, 2.05) is 12.1 Å². The van der Waals surface area contributed by atoms with Gasteiger partial charge in [0.05, 0.1) is 12.1 Å². The minimum absolute atomic E-state index is 0.0201. The van der Waals surface area contributed by atoms with Crippen LogP contribution in [0.25, 0.3) is 0 Å². The number of amides is 2. The highest BCUT2D eigenvalue weighted by atomic mass is 35.5. The maximum Gasteiger partial charge on any atom is 0.273 e. The quantitative estimate of drug-likeness (QED) is 0.926. The molecule has 0 aliphatic carbocycles. The fraction of sp³-hybridized carbons (Fsp3) is 0.353. The van der Waals surface area contributed by atoms with Crippen molar-refractivity contribution in [1.82, 2.24) is 15.2 Å². The Morgan fingerprint density at radius 2 is 2.00 bits per heavy atom. The van der Waals surface area contributed by atoms with Gasteiger partial charge in [-0.2, -0.15) is 0 Å². The van der Waals surface area contributed by atoms with Gasteiger partial charge >= 0.3 is 0 Å². The van der Waals surface area contributed by atoms with E-state index in [9.17, 15) is 9.59 Å². The van der Waals surface area contributed by atoms with Crippen LogP contribution in [0.3, 0.4) is 0 Å². The van der Waals surface area contributed by atoms with Gasteiger partial charge in [0.25, 0.3) is 5.91 Å². The number of nitrogens with one attached hydrogen (secondary N) is 1. The Morgan fingerprint density at radius 3 is 2.58 bits per heavy atom. The molecule has 24 heavy (non-hydrogen) atoms. The Balaban J connectivity index is 1.85. The molecule has 2 atom stereocenters. The van der Waals surface area contributed by atoms with Crippen LogP contribution >= 0.6 is 11.6 Å². The number of carbonyl (C=O) groups excluding carboxylic acids is 2. The molecule has 0 saturated carbocycles. The molecule has 1 saturated heterocycles. The Bertz CT molecular complexity index is 785. The fourth-order valence-corrected chi connectivity index (χ4v) is 3.22. The molecule has 1 aromatic carbocycles. The van der Waals surface area contributed by atoms with E-state index in [0.29, 0.717) is 16.7 Å². The third-order valence-corrected chi connectivity index (χ3v) is 4.48. The van der Waals surface area contributed by atoms with Crippen LogP contribution in [-0.4, -0.2) is 34.8 Å². The minimum Gasteiger partial charge on any atom is -0.445 e. The normalized spacial score (nSPS) is 20.5. The van der Waals surface area contributed by atoms with Crippen molar-refractivity contribution in [1.29, 1.82) is 0 Å². The molecule has 2 aromatic rings. The van der Waals surface area contributed by atoms with Crippen LogP contribution in [0, 0.1) is 13.8 Å². The molecule has 126 valence electrons. The van der Waals surface area contributed by atoms with Crippen LogP contribution in [0.2, 0.25) is 5.02 Å². The van der Waals surface area contributed by atoms with Crippen LogP contribution in [0.15, 0.2) is 28.7 Å². The molecule has 3 rings (SSSR count). The van der Waals surface area contributed by atoms with Crippen molar-refractivity contribution in [2.75, 3.05) is 7.05 Å². The van der Waals surface area contributed by atoms with Crippen LogP contribution in [0.5, 0.6) is 0 Å². The highest BCUT2D eigenvalue weighted by molar-refractivity contribution is 6.30. The first-order valence-electron chi connectivity index (χ1n) is 7.63. The highest BCUT2D eigenvalue weighted by Crippen LogP contribution is 2.32. The van der Waals surface area contributed by atoms with Crippen molar-refractivity contribution in [2.45, 2.75) is 32.4 Å². The summed E-state index contributed by atoms with van der Waals surface area (Å²) in [7, 11) is 1.74. The van der Waals surface area contributed by atoms with Crippen molar-refractivity contribution in [3.8, 4) is 0 Å². The molecule has 0 bridgehead atoms. The Morgan fingerprint density at radius 1 is 1.33 bits per heavy atom. The fourth-order valence-electron chi connectivity index (χ4n) is 3.09. The summed E-state index contributed by atoms with van der Waals surface area (Å²) < 4.78 is 5.30. The van der Waals surface area contributed by atoms with Gasteiger partial charge in [-0.15, -0.1) is 0 Å². The summed E-state index contributed by atoms with van der Waals surface area (Å²) >= 11 is 5.93. The summed E-state index contributed by atoms with van der Waals surface area (Å²) in [5, 5.41) is 3.54. The first kappa shape index (κ1) is 16.5. The van der Waals surface area contributed by atoms with Crippen molar-refractivity contribution in [2.24, 2.45) is 0 Å². The van der Waals surface area contributed by atoms with Crippen LogP contribution in [0.1, 0.15) is 40.2 Å². The molecule has 1 aliphatic rings. The van der Waals surface area contributed by atoms with E-state index in [1.54, 1.807) is 37.9 Å². The summed E-state index contributed by atoms with van der Waals surface area (Å²) in [6.07, 6.45) is 0.241. The van der Waals surface area contributed by atoms with E-state index in [4.69, 9.17) is 16.0 Å². The molecule has 0 spiro atoms. The number of hydrogen-bond donors (Lipinski definition) is 1. The number of nitrogens with zero attached hydrogens (tertiary/aromatic N) is 2. The zero-order chi connectivity index (χ0) is 17.4. The first-order valence-corrected chi connectivity index (χ1v) is 8.00. The molecule has 2 amide bonds. The summed E-state index contributed by atoms with van der Waals surface area (Å²) in [5.41, 5.74) is 1.18. The van der Waals surface area contributed by atoms with E-state index in [0.717, 1.165) is 5.56 Å². The predicted octanol–water partition coefficient (Wildman–Crippen LogP) is 2.65. The van der Waals surface area contributed by atoms with E-state index < -0.39 is 0 Å². The van der Waals surface area contributed by atoms with Crippen molar-refractivity contribution >= 4 is 23.4 Å². The molecule has 2 heterocycles. The lowest BCUT2D eigenvalue weighted by Crippen LogP contribution is -2.39. The number of aromatic nitrogens is 1. The molecular weight excluding hydrogens is 330 g/mol. The molecule has 1 aromatic heterocycles. The molecule has 1 aliphatic heterocycles. The van der Waals surface area contributed by atoms with Crippen LogP contribution in [0.4, 0.5) is 0 Å². The van der Waals surface area contributed by atoms with Crippen molar-refractivity contribution in [3.63, 3.8) is 0 Å². The molecule has 7 heteroatoms. The number of oxazole rings is 1. The average molecular weight is 348 g/mol. The number of rotatable bonds is 3. The van der Waals surface area contributed by atoms with Crippen LogP contribution < -0.4 is 5.32 Å². The van der Waals surface area contributed by atoms with E-state index in [-0.39, 0.29) is 36.0 Å². The van der Waals surface area contributed by atoms with Crippen molar-refractivity contribution in [3.05, 3.63) is 52.2 Å². The van der Waals surface area contributed by atoms with Gasteiger partial charge < -0.3 is 14.6 Å². The number of likely N-dealkylation sites (N-methyl/N-ethyl adjacent to an activating group) is 1. The second-order valence-corrected chi connectivity index (χ2v) is 6.36. The lowest BCUT2D eigenvalue weighted by Gasteiger charge is -2.26. The number of benzene rings is 1. The number of halogens is 1. The Kier molecular flexibility index (Phi) is 4.32. The average Bonchev–Trinajstić information content (AvgIpc) is 3.00.